The van der Waals surface area contributed by atoms with Gasteiger partial charge in [0.25, 0.3) is 0 Å². The van der Waals surface area contributed by atoms with Gasteiger partial charge >= 0.3 is 0 Å². The average Bonchev–Trinajstić information content (AvgIpc) is 2.25. The second kappa shape index (κ2) is 8.66. The largest absolute Gasteiger partial charge is 0.347 e. The zero-order chi connectivity index (χ0) is 13.4. The summed E-state index contributed by atoms with van der Waals surface area (Å²) in [6, 6.07) is 0. The van der Waals surface area contributed by atoms with Crippen LogP contribution in [-0.4, -0.2) is 73.2 Å². The Morgan fingerprint density at radius 2 is 1.71 bits per heavy atom. The minimum absolute atomic E-state index is 0.0346. The third kappa shape index (κ3) is 6.80. The number of nitrogens with zero attached hydrogens (tertiary/aromatic N) is 3. The fraction of sp³-hybridized carbons (Fsp3) is 0.800. The third-order valence-electron chi connectivity index (χ3n) is 2.24. The maximum atomic E-state index is 11.9. The molecule has 0 radical (unpaired) electrons. The summed E-state index contributed by atoms with van der Waals surface area (Å²) in [5.41, 5.74) is 0. The first-order valence-electron chi connectivity index (χ1n) is 5.35. The summed E-state index contributed by atoms with van der Waals surface area (Å²) in [5.74, 6) is 0.576. The van der Waals surface area contributed by atoms with Crippen LogP contribution in [0.25, 0.3) is 0 Å². The molecule has 0 rings (SSSR count). The molecule has 100 valence electrons. The molecule has 5 nitrogen and oxygen atoms in total. The summed E-state index contributed by atoms with van der Waals surface area (Å²) in [4.78, 5) is 28.3. The fourth-order valence-corrected chi connectivity index (χ4v) is 2.04. The van der Waals surface area contributed by atoms with Crippen molar-refractivity contribution in [3.63, 3.8) is 0 Å². The van der Waals surface area contributed by atoms with Gasteiger partial charge in [-0.3, -0.25) is 14.5 Å². The van der Waals surface area contributed by atoms with Gasteiger partial charge < -0.3 is 9.80 Å². The van der Waals surface area contributed by atoms with Crippen LogP contribution in [-0.2, 0) is 9.59 Å². The van der Waals surface area contributed by atoms with Crippen LogP contribution in [0.3, 0.4) is 0 Å². The highest BCUT2D eigenvalue weighted by molar-refractivity contribution is 8.68. The number of thiol groups is 1. The van der Waals surface area contributed by atoms with Crippen LogP contribution in [0.2, 0.25) is 0 Å². The molecule has 0 fully saturated rings. The van der Waals surface area contributed by atoms with Gasteiger partial charge in [-0.15, -0.1) is 11.7 Å². The smallest absolute Gasteiger partial charge is 0.241 e. The molecule has 0 atom stereocenters. The number of carbonyl (C=O) groups excluding carboxylic acids is 2. The van der Waals surface area contributed by atoms with Crippen LogP contribution < -0.4 is 0 Å². The Morgan fingerprint density at radius 3 is 2.12 bits per heavy atom. The van der Waals surface area contributed by atoms with Crippen LogP contribution in [0, 0.1) is 0 Å². The molecule has 7 heteroatoms. The van der Waals surface area contributed by atoms with E-state index < -0.39 is 0 Å². The number of hydrogen-bond donors (Lipinski definition) is 1. The van der Waals surface area contributed by atoms with Crippen LogP contribution in [0.5, 0.6) is 0 Å². The van der Waals surface area contributed by atoms with Gasteiger partial charge in [0, 0.05) is 20.6 Å². The summed E-state index contributed by atoms with van der Waals surface area (Å²) in [7, 11) is 6.58. The highest BCUT2D eigenvalue weighted by atomic mass is 33.1. The molecule has 0 bridgehead atoms. The molecule has 0 aliphatic heterocycles. The number of amides is 2. The quantitative estimate of drug-likeness (QED) is 0.416. The molecular weight excluding hydrogens is 258 g/mol. The molecule has 0 aromatic heterocycles. The van der Waals surface area contributed by atoms with Gasteiger partial charge in [-0.05, 0) is 14.0 Å². The summed E-state index contributed by atoms with van der Waals surface area (Å²) in [5, 5.41) is 0. The Kier molecular flexibility index (Phi) is 8.45. The van der Waals surface area contributed by atoms with E-state index in [1.165, 1.54) is 15.7 Å². The van der Waals surface area contributed by atoms with Crippen molar-refractivity contribution in [2.75, 3.05) is 46.7 Å². The van der Waals surface area contributed by atoms with E-state index in [-0.39, 0.29) is 18.4 Å². The molecule has 17 heavy (non-hydrogen) atoms. The Labute approximate surface area is 112 Å². The van der Waals surface area contributed by atoms with Crippen LogP contribution in [0.1, 0.15) is 6.92 Å². The fourth-order valence-electron chi connectivity index (χ4n) is 1.16. The first-order valence-corrected chi connectivity index (χ1v) is 7.39. The lowest BCUT2D eigenvalue weighted by molar-refractivity contribution is -0.139. The summed E-state index contributed by atoms with van der Waals surface area (Å²) < 4.78 is 0. The Bertz CT molecular complexity index is 262. The number of carbonyl (C=O) groups is 2. The molecule has 0 saturated heterocycles. The van der Waals surface area contributed by atoms with Crippen LogP contribution in [0.4, 0.5) is 0 Å². The molecule has 0 spiro atoms. The summed E-state index contributed by atoms with van der Waals surface area (Å²) in [6.45, 7) is 2.86. The SMILES string of the molecule is CCN(CC(=O)N(C)C)C(=O)CN(C)CSS. The van der Waals surface area contributed by atoms with Crippen LogP contribution in [0.15, 0.2) is 0 Å². The van der Waals surface area contributed by atoms with E-state index in [4.69, 9.17) is 0 Å². The van der Waals surface area contributed by atoms with Crippen molar-refractivity contribution in [2.45, 2.75) is 6.92 Å². The first-order chi connectivity index (χ1) is 7.92. The maximum absolute atomic E-state index is 11.9. The van der Waals surface area contributed by atoms with Gasteiger partial charge in [-0.25, -0.2) is 0 Å². The zero-order valence-electron chi connectivity index (χ0n) is 10.8. The number of likely N-dealkylation sites (N-methyl/N-ethyl adjacent to an activating group) is 3. The standard InChI is InChI=1S/C10H21N3O2S2/c1-5-13(7-9(14)11(2)3)10(15)6-12(4)8-17-16/h16H,5-8H2,1-4H3. The lowest BCUT2D eigenvalue weighted by Crippen LogP contribution is -2.44. The normalized spacial score (nSPS) is 10.5. The molecular formula is C10H21N3O2S2. The topological polar surface area (TPSA) is 43.9 Å². The third-order valence-corrected chi connectivity index (χ3v) is 3.15. The lowest BCUT2D eigenvalue weighted by Gasteiger charge is -2.24. The van der Waals surface area contributed by atoms with Crippen molar-refractivity contribution >= 4 is 34.3 Å². The van der Waals surface area contributed by atoms with Gasteiger partial charge in [0.2, 0.25) is 11.8 Å². The zero-order valence-corrected chi connectivity index (χ0v) is 12.6. The van der Waals surface area contributed by atoms with E-state index in [9.17, 15) is 9.59 Å². The van der Waals surface area contributed by atoms with Crippen molar-refractivity contribution in [3.05, 3.63) is 0 Å². The molecule has 0 aromatic carbocycles. The van der Waals surface area contributed by atoms with E-state index in [1.807, 2.05) is 18.9 Å². The van der Waals surface area contributed by atoms with Gasteiger partial charge in [0.1, 0.15) is 0 Å². The average molecular weight is 279 g/mol. The molecule has 0 heterocycles. The van der Waals surface area contributed by atoms with Gasteiger partial charge in [0.05, 0.1) is 19.0 Å². The van der Waals surface area contributed by atoms with Gasteiger partial charge in [0.15, 0.2) is 0 Å². The Morgan fingerprint density at radius 1 is 1.12 bits per heavy atom. The molecule has 2 amide bonds. The van der Waals surface area contributed by atoms with Crippen molar-refractivity contribution in [2.24, 2.45) is 0 Å². The van der Waals surface area contributed by atoms with E-state index in [1.54, 1.807) is 19.0 Å². The molecule has 0 saturated carbocycles. The second-order valence-corrected chi connectivity index (χ2v) is 5.26. The minimum Gasteiger partial charge on any atom is -0.347 e. The molecule has 0 N–H and O–H groups in total. The first kappa shape index (κ1) is 16.6. The van der Waals surface area contributed by atoms with Crippen molar-refractivity contribution in [1.29, 1.82) is 0 Å². The van der Waals surface area contributed by atoms with Gasteiger partial charge in [-0.1, -0.05) is 10.8 Å². The Balaban J connectivity index is 4.26. The van der Waals surface area contributed by atoms with E-state index in [0.29, 0.717) is 19.0 Å². The van der Waals surface area contributed by atoms with E-state index >= 15 is 0 Å². The molecule has 0 aromatic rings. The molecule has 0 aliphatic carbocycles. The van der Waals surface area contributed by atoms with E-state index in [2.05, 4.69) is 11.7 Å². The van der Waals surface area contributed by atoms with Crippen molar-refractivity contribution < 1.29 is 9.59 Å². The number of hydrogen-bond acceptors (Lipinski definition) is 5. The second-order valence-electron chi connectivity index (χ2n) is 3.97. The molecule has 0 unspecified atom stereocenters. The van der Waals surface area contributed by atoms with Crippen LogP contribution >= 0.6 is 22.5 Å². The minimum atomic E-state index is -0.0635. The van der Waals surface area contributed by atoms with Crippen molar-refractivity contribution in [3.8, 4) is 0 Å². The lowest BCUT2D eigenvalue weighted by atomic mass is 10.4. The van der Waals surface area contributed by atoms with E-state index in [0.717, 1.165) is 0 Å². The summed E-state index contributed by atoms with van der Waals surface area (Å²) in [6.07, 6.45) is 0. The van der Waals surface area contributed by atoms with Gasteiger partial charge in [-0.2, -0.15) is 0 Å². The number of rotatable bonds is 7. The highest BCUT2D eigenvalue weighted by Crippen LogP contribution is 2.06. The van der Waals surface area contributed by atoms with Crippen molar-refractivity contribution in [1.82, 2.24) is 14.7 Å². The monoisotopic (exact) mass is 279 g/mol. The molecule has 0 aliphatic rings. The maximum Gasteiger partial charge on any atom is 0.241 e. The predicted molar refractivity (Wildman–Crippen MR) is 75.0 cm³/mol. The predicted octanol–water partition coefficient (Wildman–Crippen LogP) is 0.390. The summed E-state index contributed by atoms with van der Waals surface area (Å²) >= 11 is 4.03. The highest BCUT2D eigenvalue weighted by Gasteiger charge is 2.17. The Hall–Kier alpha value is -0.400.